The lowest BCUT2D eigenvalue weighted by atomic mass is 10.1. The first-order valence-corrected chi connectivity index (χ1v) is 7.35. The van der Waals surface area contributed by atoms with Crippen LogP contribution in [0.3, 0.4) is 0 Å². The highest BCUT2D eigenvalue weighted by molar-refractivity contribution is 5.89. The van der Waals surface area contributed by atoms with Crippen LogP contribution in [0.4, 0.5) is 0 Å². The molecule has 1 aromatic heterocycles. The molecular weight excluding hydrogens is 266 g/mol. The molecule has 5 nitrogen and oxygen atoms in total. The summed E-state index contributed by atoms with van der Waals surface area (Å²) in [5, 5.41) is 2.92. The Kier molecular flexibility index (Phi) is 4.60. The van der Waals surface area contributed by atoms with Gasteiger partial charge in [0.05, 0.1) is 5.92 Å². The first kappa shape index (κ1) is 15.5. The Hall–Kier alpha value is -1.91. The van der Waals surface area contributed by atoms with Gasteiger partial charge >= 0.3 is 0 Å². The van der Waals surface area contributed by atoms with E-state index in [0.717, 1.165) is 12.0 Å². The first-order chi connectivity index (χ1) is 9.88. The van der Waals surface area contributed by atoms with E-state index in [1.165, 1.54) is 0 Å². The number of rotatable bonds is 4. The van der Waals surface area contributed by atoms with Crippen LogP contribution < -0.4 is 5.32 Å². The minimum Gasteiger partial charge on any atom is -0.355 e. The molecule has 5 heteroatoms. The second-order valence-corrected chi connectivity index (χ2v) is 6.48. The van der Waals surface area contributed by atoms with Crippen LogP contribution in [0.2, 0.25) is 0 Å². The quantitative estimate of drug-likeness (QED) is 0.911. The van der Waals surface area contributed by atoms with Crippen molar-refractivity contribution in [2.75, 3.05) is 13.1 Å². The first-order valence-electron chi connectivity index (χ1n) is 7.35. The van der Waals surface area contributed by atoms with Crippen LogP contribution in [0.5, 0.6) is 0 Å². The maximum Gasteiger partial charge on any atom is 0.225 e. The third-order valence-corrected chi connectivity index (χ3v) is 3.74. The van der Waals surface area contributed by atoms with Crippen molar-refractivity contribution < 1.29 is 9.59 Å². The van der Waals surface area contributed by atoms with Gasteiger partial charge in [-0.05, 0) is 38.8 Å². The smallest absolute Gasteiger partial charge is 0.225 e. The molecule has 1 unspecified atom stereocenters. The van der Waals surface area contributed by atoms with Crippen molar-refractivity contribution >= 4 is 11.8 Å². The van der Waals surface area contributed by atoms with Gasteiger partial charge in [0.2, 0.25) is 11.8 Å². The highest BCUT2D eigenvalue weighted by atomic mass is 16.2. The standard InChI is InChI=1S/C16H23N3O2/c1-16(2,3)19-11-13(9-14(19)20)15(21)18-8-6-12-5-4-7-17-10-12/h4-5,7,10,13H,6,8-9,11H2,1-3H3,(H,18,21). The van der Waals surface area contributed by atoms with E-state index < -0.39 is 0 Å². The van der Waals surface area contributed by atoms with Crippen molar-refractivity contribution in [2.24, 2.45) is 5.92 Å². The molecule has 0 spiro atoms. The van der Waals surface area contributed by atoms with Gasteiger partial charge in [-0.1, -0.05) is 6.07 Å². The summed E-state index contributed by atoms with van der Waals surface area (Å²) in [5.74, 6) is -0.195. The Balaban J connectivity index is 1.81. The van der Waals surface area contributed by atoms with Crippen LogP contribution in [0.25, 0.3) is 0 Å². The Morgan fingerprint density at radius 1 is 1.48 bits per heavy atom. The Bertz CT molecular complexity index is 508. The summed E-state index contributed by atoms with van der Waals surface area (Å²) >= 11 is 0. The average Bonchev–Trinajstić information content (AvgIpc) is 2.82. The van der Waals surface area contributed by atoms with E-state index in [1.807, 2.05) is 32.9 Å². The molecular formula is C16H23N3O2. The molecule has 1 saturated heterocycles. The van der Waals surface area contributed by atoms with Gasteiger partial charge in [0, 0.05) is 37.4 Å². The number of nitrogens with one attached hydrogen (secondary N) is 1. The van der Waals surface area contributed by atoms with E-state index in [-0.39, 0.29) is 23.3 Å². The number of hydrogen-bond acceptors (Lipinski definition) is 3. The third kappa shape index (κ3) is 4.03. The van der Waals surface area contributed by atoms with Crippen LogP contribution in [0.15, 0.2) is 24.5 Å². The van der Waals surface area contributed by atoms with Gasteiger partial charge in [0.25, 0.3) is 0 Å². The summed E-state index contributed by atoms with van der Waals surface area (Å²) in [6, 6.07) is 3.87. The number of carbonyl (C=O) groups excluding carboxylic acids is 2. The molecule has 0 radical (unpaired) electrons. The molecule has 2 amide bonds. The van der Waals surface area contributed by atoms with Crippen molar-refractivity contribution in [1.29, 1.82) is 0 Å². The lowest BCUT2D eigenvalue weighted by Gasteiger charge is -2.31. The Morgan fingerprint density at radius 3 is 2.81 bits per heavy atom. The van der Waals surface area contributed by atoms with Crippen LogP contribution in [0, 0.1) is 5.92 Å². The van der Waals surface area contributed by atoms with E-state index in [1.54, 1.807) is 17.3 Å². The summed E-state index contributed by atoms with van der Waals surface area (Å²) < 4.78 is 0. The van der Waals surface area contributed by atoms with E-state index in [4.69, 9.17) is 0 Å². The number of carbonyl (C=O) groups is 2. The molecule has 1 aliphatic heterocycles. The normalized spacial score (nSPS) is 18.9. The predicted molar refractivity (Wildman–Crippen MR) is 80.5 cm³/mol. The molecule has 1 aromatic rings. The third-order valence-electron chi connectivity index (χ3n) is 3.74. The zero-order chi connectivity index (χ0) is 15.5. The van der Waals surface area contributed by atoms with Gasteiger partial charge < -0.3 is 10.2 Å². The molecule has 1 atom stereocenters. The molecule has 0 bridgehead atoms. The van der Waals surface area contributed by atoms with Crippen molar-refractivity contribution in [2.45, 2.75) is 39.2 Å². The van der Waals surface area contributed by atoms with Crippen molar-refractivity contribution in [1.82, 2.24) is 15.2 Å². The van der Waals surface area contributed by atoms with Crippen molar-refractivity contribution in [3.63, 3.8) is 0 Å². The molecule has 0 aliphatic carbocycles. The Labute approximate surface area is 125 Å². The van der Waals surface area contributed by atoms with Gasteiger partial charge in [0.1, 0.15) is 0 Å². The SMILES string of the molecule is CC(C)(C)N1CC(C(=O)NCCc2cccnc2)CC1=O. The number of aromatic nitrogens is 1. The fourth-order valence-corrected chi connectivity index (χ4v) is 2.55. The van der Waals surface area contributed by atoms with Gasteiger partial charge in [-0.3, -0.25) is 14.6 Å². The summed E-state index contributed by atoms with van der Waals surface area (Å²) in [6.45, 7) is 7.07. The highest BCUT2D eigenvalue weighted by Crippen LogP contribution is 2.25. The lowest BCUT2D eigenvalue weighted by molar-refractivity contribution is -0.132. The van der Waals surface area contributed by atoms with E-state index in [0.29, 0.717) is 19.5 Å². The minimum atomic E-state index is -0.231. The van der Waals surface area contributed by atoms with Gasteiger partial charge in [-0.2, -0.15) is 0 Å². The van der Waals surface area contributed by atoms with Crippen LogP contribution in [0.1, 0.15) is 32.8 Å². The topological polar surface area (TPSA) is 62.3 Å². The molecule has 2 heterocycles. The zero-order valence-corrected chi connectivity index (χ0v) is 12.9. The molecule has 1 fully saturated rings. The number of nitrogens with zero attached hydrogens (tertiary/aromatic N) is 2. The van der Waals surface area contributed by atoms with Crippen molar-refractivity contribution in [3.05, 3.63) is 30.1 Å². The second kappa shape index (κ2) is 6.24. The van der Waals surface area contributed by atoms with Crippen LogP contribution >= 0.6 is 0 Å². The maximum atomic E-state index is 12.1. The van der Waals surface area contributed by atoms with Gasteiger partial charge in [-0.25, -0.2) is 0 Å². The summed E-state index contributed by atoms with van der Waals surface area (Å²) in [5.41, 5.74) is 0.874. The largest absolute Gasteiger partial charge is 0.355 e. The number of likely N-dealkylation sites (tertiary alicyclic amines) is 1. The summed E-state index contributed by atoms with van der Waals surface area (Å²) in [4.78, 5) is 29.9. The molecule has 2 rings (SSSR count). The monoisotopic (exact) mass is 289 g/mol. The number of hydrogen-bond donors (Lipinski definition) is 1. The number of pyridine rings is 1. The minimum absolute atomic E-state index is 0.0287. The van der Waals surface area contributed by atoms with E-state index in [9.17, 15) is 9.59 Å². The molecule has 21 heavy (non-hydrogen) atoms. The van der Waals surface area contributed by atoms with E-state index in [2.05, 4.69) is 10.3 Å². The van der Waals surface area contributed by atoms with Gasteiger partial charge in [0.15, 0.2) is 0 Å². The molecule has 0 aromatic carbocycles. The fraction of sp³-hybridized carbons (Fsp3) is 0.562. The van der Waals surface area contributed by atoms with Crippen LogP contribution in [-0.2, 0) is 16.0 Å². The fourth-order valence-electron chi connectivity index (χ4n) is 2.55. The van der Waals surface area contributed by atoms with Crippen molar-refractivity contribution in [3.8, 4) is 0 Å². The van der Waals surface area contributed by atoms with E-state index >= 15 is 0 Å². The molecule has 1 N–H and O–H groups in total. The summed E-state index contributed by atoms with van der Waals surface area (Å²) in [7, 11) is 0. The molecule has 1 aliphatic rings. The molecule has 114 valence electrons. The lowest BCUT2D eigenvalue weighted by Crippen LogP contribution is -2.43. The second-order valence-electron chi connectivity index (χ2n) is 6.48. The number of amides is 2. The van der Waals surface area contributed by atoms with Crippen LogP contribution in [-0.4, -0.2) is 40.3 Å². The predicted octanol–water partition coefficient (Wildman–Crippen LogP) is 1.39. The molecule has 0 saturated carbocycles. The summed E-state index contributed by atoms with van der Waals surface area (Å²) in [6.07, 6.45) is 4.60. The zero-order valence-electron chi connectivity index (χ0n) is 12.9. The highest BCUT2D eigenvalue weighted by Gasteiger charge is 2.39. The van der Waals surface area contributed by atoms with Gasteiger partial charge in [-0.15, -0.1) is 0 Å². The Morgan fingerprint density at radius 2 is 2.24 bits per heavy atom. The maximum absolute atomic E-state index is 12.1. The average molecular weight is 289 g/mol.